The standard InChI is InChI=1S/C11H16BrN3O/c1-4-13-11(16)8(3)15-10-7(2)5-9(12)6-14-10/h5-6,8H,4H2,1-3H3,(H,13,16)(H,14,15). The van der Waals surface area contributed by atoms with Gasteiger partial charge in [0.05, 0.1) is 0 Å². The van der Waals surface area contributed by atoms with Gasteiger partial charge in [-0.25, -0.2) is 4.98 Å². The van der Waals surface area contributed by atoms with Crippen LogP contribution in [0.1, 0.15) is 19.4 Å². The quantitative estimate of drug-likeness (QED) is 0.891. The Morgan fingerprint density at radius 1 is 1.62 bits per heavy atom. The van der Waals surface area contributed by atoms with Crippen molar-refractivity contribution in [3.63, 3.8) is 0 Å². The molecule has 0 aliphatic carbocycles. The van der Waals surface area contributed by atoms with Gasteiger partial charge in [-0.15, -0.1) is 0 Å². The van der Waals surface area contributed by atoms with Gasteiger partial charge in [-0.3, -0.25) is 4.79 Å². The zero-order valence-electron chi connectivity index (χ0n) is 9.67. The van der Waals surface area contributed by atoms with Crippen LogP contribution < -0.4 is 10.6 Å². The number of anilines is 1. The van der Waals surface area contributed by atoms with Crippen molar-refractivity contribution in [2.75, 3.05) is 11.9 Å². The third-order valence-electron chi connectivity index (χ3n) is 2.14. The zero-order valence-corrected chi connectivity index (χ0v) is 11.3. The molecular formula is C11H16BrN3O. The summed E-state index contributed by atoms with van der Waals surface area (Å²) in [6.07, 6.45) is 1.71. The van der Waals surface area contributed by atoms with Gasteiger partial charge < -0.3 is 10.6 Å². The molecule has 88 valence electrons. The van der Waals surface area contributed by atoms with E-state index in [0.29, 0.717) is 6.54 Å². The minimum atomic E-state index is -0.285. The maximum Gasteiger partial charge on any atom is 0.242 e. The van der Waals surface area contributed by atoms with Gasteiger partial charge in [-0.05, 0) is 48.3 Å². The number of pyridine rings is 1. The first kappa shape index (κ1) is 13.0. The lowest BCUT2D eigenvalue weighted by Gasteiger charge is -2.15. The van der Waals surface area contributed by atoms with Crippen molar-refractivity contribution in [2.45, 2.75) is 26.8 Å². The fraction of sp³-hybridized carbons (Fsp3) is 0.455. The van der Waals surface area contributed by atoms with Crippen molar-refractivity contribution in [2.24, 2.45) is 0 Å². The van der Waals surface area contributed by atoms with Gasteiger partial charge in [0.25, 0.3) is 0 Å². The average Bonchev–Trinajstić information content (AvgIpc) is 2.22. The Morgan fingerprint density at radius 3 is 2.88 bits per heavy atom. The molecule has 1 amide bonds. The van der Waals surface area contributed by atoms with Crippen LogP contribution in [0.25, 0.3) is 0 Å². The number of hydrogen-bond donors (Lipinski definition) is 2. The SMILES string of the molecule is CCNC(=O)C(C)Nc1ncc(Br)cc1C. The smallest absolute Gasteiger partial charge is 0.242 e. The number of amides is 1. The predicted molar refractivity (Wildman–Crippen MR) is 68.4 cm³/mol. The molecule has 1 rings (SSSR count). The summed E-state index contributed by atoms with van der Waals surface area (Å²) in [6, 6.07) is 1.67. The van der Waals surface area contributed by atoms with Crippen molar-refractivity contribution in [1.29, 1.82) is 0 Å². The van der Waals surface area contributed by atoms with Gasteiger partial charge in [-0.1, -0.05) is 0 Å². The Kier molecular flexibility index (Phi) is 4.73. The van der Waals surface area contributed by atoms with E-state index in [9.17, 15) is 4.79 Å². The molecule has 0 bridgehead atoms. The minimum absolute atomic E-state index is 0.0216. The molecule has 0 radical (unpaired) electrons. The average molecular weight is 286 g/mol. The number of carbonyl (C=O) groups is 1. The van der Waals surface area contributed by atoms with Gasteiger partial charge in [-0.2, -0.15) is 0 Å². The van der Waals surface area contributed by atoms with Crippen LogP contribution in [0.15, 0.2) is 16.7 Å². The number of carbonyl (C=O) groups excluding carboxylic acids is 1. The molecule has 0 saturated carbocycles. The van der Waals surface area contributed by atoms with Gasteiger partial charge in [0, 0.05) is 17.2 Å². The maximum atomic E-state index is 11.5. The van der Waals surface area contributed by atoms with Crippen molar-refractivity contribution >= 4 is 27.7 Å². The number of aryl methyl sites for hydroxylation is 1. The number of hydrogen-bond acceptors (Lipinski definition) is 3. The molecule has 16 heavy (non-hydrogen) atoms. The summed E-state index contributed by atoms with van der Waals surface area (Å²) in [5.74, 6) is 0.716. The second kappa shape index (κ2) is 5.84. The topological polar surface area (TPSA) is 54.0 Å². The number of nitrogens with one attached hydrogen (secondary N) is 2. The molecule has 1 aromatic rings. The van der Waals surface area contributed by atoms with E-state index in [4.69, 9.17) is 0 Å². The molecule has 0 spiro atoms. The highest BCUT2D eigenvalue weighted by Gasteiger charge is 2.12. The summed E-state index contributed by atoms with van der Waals surface area (Å²) in [7, 11) is 0. The van der Waals surface area contributed by atoms with Crippen molar-refractivity contribution < 1.29 is 4.79 Å². The first-order valence-electron chi connectivity index (χ1n) is 5.21. The van der Waals surface area contributed by atoms with Crippen molar-refractivity contribution in [1.82, 2.24) is 10.3 Å². The van der Waals surface area contributed by atoms with Crippen LogP contribution in [-0.4, -0.2) is 23.5 Å². The van der Waals surface area contributed by atoms with Crippen LogP contribution in [0.2, 0.25) is 0 Å². The second-order valence-corrected chi connectivity index (χ2v) is 4.50. The van der Waals surface area contributed by atoms with Crippen molar-refractivity contribution in [3.8, 4) is 0 Å². The van der Waals surface area contributed by atoms with E-state index in [2.05, 4.69) is 31.5 Å². The van der Waals surface area contributed by atoms with E-state index in [1.807, 2.05) is 26.8 Å². The van der Waals surface area contributed by atoms with Crippen LogP contribution in [0.4, 0.5) is 5.82 Å². The molecule has 0 aliphatic heterocycles. The van der Waals surface area contributed by atoms with Gasteiger partial charge >= 0.3 is 0 Å². The van der Waals surface area contributed by atoms with Crippen LogP contribution in [0.3, 0.4) is 0 Å². The maximum absolute atomic E-state index is 11.5. The fourth-order valence-electron chi connectivity index (χ4n) is 1.29. The Bertz CT molecular complexity index is 381. The van der Waals surface area contributed by atoms with Crippen LogP contribution in [-0.2, 0) is 4.79 Å². The van der Waals surface area contributed by atoms with E-state index in [1.165, 1.54) is 0 Å². The highest BCUT2D eigenvalue weighted by molar-refractivity contribution is 9.10. The van der Waals surface area contributed by atoms with E-state index < -0.39 is 0 Å². The molecule has 0 aliphatic rings. The first-order chi connectivity index (χ1) is 7.54. The molecular weight excluding hydrogens is 270 g/mol. The molecule has 4 nitrogen and oxygen atoms in total. The number of rotatable bonds is 4. The van der Waals surface area contributed by atoms with Crippen LogP contribution >= 0.6 is 15.9 Å². The fourth-order valence-corrected chi connectivity index (χ4v) is 1.74. The summed E-state index contributed by atoms with van der Waals surface area (Å²) < 4.78 is 0.932. The number of likely N-dealkylation sites (N-methyl/N-ethyl adjacent to an activating group) is 1. The highest BCUT2D eigenvalue weighted by Crippen LogP contribution is 2.17. The number of aromatic nitrogens is 1. The van der Waals surface area contributed by atoms with E-state index in [0.717, 1.165) is 15.9 Å². The van der Waals surface area contributed by atoms with E-state index in [1.54, 1.807) is 6.20 Å². The third kappa shape index (κ3) is 3.48. The summed E-state index contributed by atoms with van der Waals surface area (Å²) >= 11 is 3.35. The summed E-state index contributed by atoms with van der Waals surface area (Å²) in [4.78, 5) is 15.7. The van der Waals surface area contributed by atoms with Crippen LogP contribution in [0.5, 0.6) is 0 Å². The monoisotopic (exact) mass is 285 g/mol. The molecule has 2 N–H and O–H groups in total. The lowest BCUT2D eigenvalue weighted by Crippen LogP contribution is -2.37. The lowest BCUT2D eigenvalue weighted by molar-refractivity contribution is -0.121. The normalized spacial score (nSPS) is 12.0. The molecule has 1 aromatic heterocycles. The van der Waals surface area contributed by atoms with Gasteiger partial charge in [0.1, 0.15) is 11.9 Å². The van der Waals surface area contributed by atoms with Crippen LogP contribution in [0, 0.1) is 6.92 Å². The number of nitrogens with zero attached hydrogens (tertiary/aromatic N) is 1. The summed E-state index contributed by atoms with van der Waals surface area (Å²) in [5.41, 5.74) is 1.01. The number of halogens is 1. The largest absolute Gasteiger partial charge is 0.358 e. The van der Waals surface area contributed by atoms with Gasteiger partial charge in [0.15, 0.2) is 0 Å². The molecule has 0 fully saturated rings. The van der Waals surface area contributed by atoms with E-state index >= 15 is 0 Å². The van der Waals surface area contributed by atoms with E-state index in [-0.39, 0.29) is 11.9 Å². The minimum Gasteiger partial charge on any atom is -0.358 e. The lowest BCUT2D eigenvalue weighted by atomic mass is 10.2. The molecule has 1 atom stereocenters. The molecule has 1 unspecified atom stereocenters. The Hall–Kier alpha value is -1.10. The van der Waals surface area contributed by atoms with Gasteiger partial charge in [0.2, 0.25) is 5.91 Å². The highest BCUT2D eigenvalue weighted by atomic mass is 79.9. The molecule has 1 heterocycles. The third-order valence-corrected chi connectivity index (χ3v) is 2.58. The zero-order chi connectivity index (χ0) is 12.1. The van der Waals surface area contributed by atoms with Crippen molar-refractivity contribution in [3.05, 3.63) is 22.3 Å². The molecule has 0 saturated heterocycles. The first-order valence-corrected chi connectivity index (χ1v) is 6.00. The Balaban J connectivity index is 2.69. The Morgan fingerprint density at radius 2 is 2.31 bits per heavy atom. The molecule has 5 heteroatoms. The molecule has 0 aromatic carbocycles. The Labute approximate surface area is 104 Å². The second-order valence-electron chi connectivity index (χ2n) is 3.58. The summed E-state index contributed by atoms with van der Waals surface area (Å²) in [6.45, 7) is 6.30. The summed E-state index contributed by atoms with van der Waals surface area (Å²) in [5, 5.41) is 5.84. The predicted octanol–water partition coefficient (Wildman–Crippen LogP) is 2.09.